The van der Waals surface area contributed by atoms with E-state index < -0.39 is 5.60 Å². The predicted octanol–water partition coefficient (Wildman–Crippen LogP) is 3.44. The van der Waals surface area contributed by atoms with Crippen LogP contribution in [0.15, 0.2) is 30.3 Å². The number of ether oxygens (including phenoxy) is 2. The molecule has 1 radical (unpaired) electrons. The van der Waals surface area contributed by atoms with E-state index in [4.69, 9.17) is 9.47 Å². The Bertz CT molecular complexity index is 461. The third-order valence-corrected chi connectivity index (χ3v) is 3.63. The van der Waals surface area contributed by atoms with Crippen LogP contribution in [0.4, 0.5) is 4.79 Å². The molecule has 1 fully saturated rings. The van der Waals surface area contributed by atoms with Gasteiger partial charge in [0.25, 0.3) is 0 Å². The first-order chi connectivity index (χ1) is 9.85. The monoisotopic (exact) mass is 291 g/mol. The number of rotatable bonds is 4. The van der Waals surface area contributed by atoms with Crippen molar-refractivity contribution in [2.75, 3.05) is 7.05 Å². The molecule has 0 unspecified atom stereocenters. The van der Waals surface area contributed by atoms with E-state index in [0.717, 1.165) is 12.8 Å². The normalized spacial score (nSPS) is 22.0. The Hall–Kier alpha value is -1.39. The highest BCUT2D eigenvalue weighted by Gasteiger charge is 2.45. The Labute approximate surface area is 127 Å². The van der Waals surface area contributed by atoms with Crippen LogP contribution in [0.25, 0.3) is 0 Å². The molecule has 0 bridgehead atoms. The fourth-order valence-electron chi connectivity index (χ4n) is 2.26. The van der Waals surface area contributed by atoms with Crippen LogP contribution in [0.2, 0.25) is 0 Å². The molecule has 21 heavy (non-hydrogen) atoms. The summed E-state index contributed by atoms with van der Waals surface area (Å²) in [4.78, 5) is 13.6. The second-order valence-electron chi connectivity index (χ2n) is 6.64. The summed E-state index contributed by atoms with van der Waals surface area (Å²) in [5.41, 5.74) is 0.736. The first kappa shape index (κ1) is 16.0. The summed E-state index contributed by atoms with van der Waals surface area (Å²) in [5.74, 6) is 0. The molecule has 0 heterocycles. The molecule has 0 aliphatic heterocycles. The van der Waals surface area contributed by atoms with Gasteiger partial charge in [0, 0.05) is 12.8 Å². The first-order valence-electron chi connectivity index (χ1n) is 7.46. The van der Waals surface area contributed by atoms with Crippen molar-refractivity contribution < 1.29 is 14.3 Å². The number of benzene rings is 1. The van der Waals surface area contributed by atoms with E-state index >= 15 is 0 Å². The Kier molecular flexibility index (Phi) is 5.01. The van der Waals surface area contributed by atoms with Gasteiger partial charge < -0.3 is 9.47 Å². The predicted molar refractivity (Wildman–Crippen MR) is 82.3 cm³/mol. The number of nitrogens with zero attached hydrogens (tertiary/aromatic N) is 1. The van der Waals surface area contributed by atoms with Gasteiger partial charge in [0.2, 0.25) is 0 Å². The van der Waals surface area contributed by atoms with Gasteiger partial charge in [0.1, 0.15) is 18.7 Å². The third kappa shape index (κ3) is 4.83. The van der Waals surface area contributed by atoms with Gasteiger partial charge in [-0.15, -0.1) is 0 Å². The zero-order chi connectivity index (χ0) is 15.5. The molecule has 0 aromatic heterocycles. The van der Waals surface area contributed by atoms with Crippen LogP contribution in [-0.2, 0) is 16.1 Å². The number of hydrogen-bond donors (Lipinski definition) is 0. The molecule has 0 saturated heterocycles. The van der Waals surface area contributed by atoms with Crippen LogP contribution in [-0.4, -0.2) is 30.9 Å². The van der Waals surface area contributed by atoms with Gasteiger partial charge in [-0.05, 0) is 26.3 Å². The molecule has 0 N–H and O–H groups in total. The molecule has 4 nitrogen and oxygen atoms in total. The lowest BCUT2D eigenvalue weighted by Gasteiger charge is -2.33. The van der Waals surface area contributed by atoms with Crippen molar-refractivity contribution in [1.82, 2.24) is 4.90 Å². The average Bonchev–Trinajstić information content (AvgIpc) is 2.35. The fourth-order valence-corrected chi connectivity index (χ4v) is 2.26. The van der Waals surface area contributed by atoms with Gasteiger partial charge in [-0.1, -0.05) is 35.2 Å². The van der Waals surface area contributed by atoms with Gasteiger partial charge in [-0.3, -0.25) is 0 Å². The Morgan fingerprint density at radius 2 is 1.86 bits per heavy atom. The van der Waals surface area contributed by atoms with Crippen LogP contribution in [0, 0.1) is 0 Å². The van der Waals surface area contributed by atoms with Gasteiger partial charge in [0.15, 0.2) is 0 Å². The van der Waals surface area contributed by atoms with E-state index in [1.165, 1.54) is 5.56 Å². The molecule has 1 amide bonds. The van der Waals surface area contributed by atoms with E-state index in [9.17, 15) is 4.79 Å². The zero-order valence-corrected chi connectivity index (χ0v) is 13.3. The van der Waals surface area contributed by atoms with Crippen LogP contribution in [0.5, 0.6) is 0 Å². The molecule has 1 saturated carbocycles. The smallest absolute Gasteiger partial charge is 0.411 e. The van der Waals surface area contributed by atoms with Crippen molar-refractivity contribution in [3.05, 3.63) is 35.9 Å². The average molecular weight is 291 g/mol. The summed E-state index contributed by atoms with van der Waals surface area (Å²) < 4.78 is 11.2. The maximum atomic E-state index is 11.9. The minimum Gasteiger partial charge on any atom is -0.411 e. The largest absolute Gasteiger partial charge is 0.566 e. The Balaban J connectivity index is 1.70. The highest BCUT2D eigenvalue weighted by atomic mass is 16.6. The van der Waals surface area contributed by atoms with Crippen molar-refractivity contribution in [3.63, 3.8) is 0 Å². The third-order valence-electron chi connectivity index (χ3n) is 3.63. The van der Waals surface area contributed by atoms with Crippen molar-refractivity contribution in [2.24, 2.45) is 0 Å². The molecule has 0 spiro atoms. The summed E-state index contributed by atoms with van der Waals surface area (Å²) in [6, 6.07) is 10.4. The molecule has 1 aromatic rings. The highest BCUT2D eigenvalue weighted by molar-refractivity contribution is 5.71. The summed E-state index contributed by atoms with van der Waals surface area (Å²) in [6.07, 6.45) is 1.74. The molecule has 115 valence electrons. The van der Waals surface area contributed by atoms with Crippen LogP contribution < -0.4 is 4.90 Å². The molecular weight excluding hydrogens is 266 g/mol. The Morgan fingerprint density at radius 1 is 1.24 bits per heavy atom. The number of amides is 1. The summed E-state index contributed by atoms with van der Waals surface area (Å²) in [5, 5.41) is 0. The van der Waals surface area contributed by atoms with E-state index in [2.05, 4.69) is 12.1 Å². The maximum absolute atomic E-state index is 11.9. The minimum absolute atomic E-state index is 0.223. The standard InChI is InChI=1S/C17H25NO3/c1-17(2,3)21-16(19)18(4)14-10-15(11-14)20-12-13-8-6-5-7-9-13/h5-9,14-15H,10-12H2,1-4H3/q+1. The molecule has 4 heteroatoms. The lowest BCUT2D eigenvalue weighted by Crippen LogP contribution is -2.53. The van der Waals surface area contributed by atoms with E-state index in [1.807, 2.05) is 39.0 Å². The lowest BCUT2D eigenvalue weighted by molar-refractivity contribution is -0.0414. The lowest BCUT2D eigenvalue weighted by atomic mass is 9.88. The maximum Gasteiger partial charge on any atom is 0.566 e. The van der Waals surface area contributed by atoms with Crippen LogP contribution in [0.1, 0.15) is 39.2 Å². The van der Waals surface area contributed by atoms with Gasteiger partial charge >= 0.3 is 6.09 Å². The van der Waals surface area contributed by atoms with Crippen molar-refractivity contribution >= 4 is 6.09 Å². The second kappa shape index (κ2) is 6.58. The summed E-state index contributed by atoms with van der Waals surface area (Å²) in [7, 11) is 1.80. The molecule has 1 aliphatic rings. The van der Waals surface area contributed by atoms with Crippen molar-refractivity contribution in [1.29, 1.82) is 0 Å². The summed E-state index contributed by atoms with van der Waals surface area (Å²) in [6.45, 7) is 6.27. The number of carbonyl (C=O) groups is 1. The Morgan fingerprint density at radius 3 is 2.43 bits per heavy atom. The second-order valence-corrected chi connectivity index (χ2v) is 6.64. The van der Waals surface area contributed by atoms with Gasteiger partial charge in [-0.25, -0.2) is 0 Å². The van der Waals surface area contributed by atoms with E-state index in [0.29, 0.717) is 6.61 Å². The zero-order valence-electron chi connectivity index (χ0n) is 13.3. The molecule has 2 rings (SSSR count). The quantitative estimate of drug-likeness (QED) is 0.798. The minimum atomic E-state index is -0.446. The van der Waals surface area contributed by atoms with Gasteiger partial charge in [-0.2, -0.15) is 4.79 Å². The van der Waals surface area contributed by atoms with E-state index in [-0.39, 0.29) is 18.2 Å². The fraction of sp³-hybridized carbons (Fsp3) is 0.588. The first-order valence-corrected chi connectivity index (χ1v) is 7.46. The molecule has 1 aromatic carbocycles. The van der Waals surface area contributed by atoms with Crippen LogP contribution >= 0.6 is 0 Å². The van der Waals surface area contributed by atoms with E-state index in [1.54, 1.807) is 11.9 Å². The SMILES string of the molecule is C[N+](C(=O)OC(C)(C)C)C1CC(OCc2ccccc2)C1. The number of carbonyl (C=O) groups excluding carboxylic acids is 1. The molecule has 1 aliphatic carbocycles. The van der Waals surface area contributed by atoms with Crippen molar-refractivity contribution in [2.45, 2.75) is 58.0 Å². The summed E-state index contributed by atoms with van der Waals surface area (Å²) >= 11 is 0. The van der Waals surface area contributed by atoms with Crippen molar-refractivity contribution in [3.8, 4) is 0 Å². The molecule has 0 atom stereocenters. The van der Waals surface area contributed by atoms with Gasteiger partial charge in [0.05, 0.1) is 12.7 Å². The van der Waals surface area contributed by atoms with Crippen LogP contribution in [0.3, 0.4) is 0 Å². The highest BCUT2D eigenvalue weighted by Crippen LogP contribution is 2.28. The number of hydrogen-bond acceptors (Lipinski definition) is 3. The molecular formula is C17H25NO3+. The topological polar surface area (TPSA) is 41.4 Å².